The number of benzene rings is 1. The molecule has 0 radical (unpaired) electrons. The highest BCUT2D eigenvalue weighted by Crippen LogP contribution is 2.30. The number of hydrogen-bond acceptors (Lipinski definition) is 2. The fourth-order valence-corrected chi connectivity index (χ4v) is 2.32. The lowest BCUT2D eigenvalue weighted by Gasteiger charge is -2.01. The van der Waals surface area contributed by atoms with Crippen LogP contribution in [0.1, 0.15) is 17.4 Å². The van der Waals surface area contributed by atoms with Crippen molar-refractivity contribution in [2.75, 3.05) is 0 Å². The van der Waals surface area contributed by atoms with Crippen LogP contribution >= 0.6 is 0 Å². The van der Waals surface area contributed by atoms with Crippen molar-refractivity contribution in [1.82, 2.24) is 4.57 Å². The van der Waals surface area contributed by atoms with E-state index in [0.29, 0.717) is 17.9 Å². The van der Waals surface area contributed by atoms with Gasteiger partial charge in [-0.15, -0.1) is 0 Å². The highest BCUT2D eigenvalue weighted by atomic mass is 19.1. The van der Waals surface area contributed by atoms with Gasteiger partial charge in [-0.3, -0.25) is 0 Å². The zero-order chi connectivity index (χ0) is 14.3. The van der Waals surface area contributed by atoms with E-state index in [1.807, 2.05) is 6.92 Å². The Bertz CT molecular complexity index is 783. The van der Waals surface area contributed by atoms with Gasteiger partial charge >= 0.3 is 5.97 Å². The smallest absolute Gasteiger partial charge is 0.352 e. The van der Waals surface area contributed by atoms with Crippen LogP contribution in [-0.2, 0) is 6.54 Å². The SMILES string of the molecule is CCn1c(C(=O)O)cc2oc(-c3ccc(F)cc3)cc21. The Balaban J connectivity index is 2.14. The summed E-state index contributed by atoms with van der Waals surface area (Å²) in [7, 11) is 0. The second kappa shape index (κ2) is 4.52. The molecule has 20 heavy (non-hydrogen) atoms. The fourth-order valence-electron chi connectivity index (χ4n) is 2.32. The Morgan fingerprint density at radius 3 is 2.60 bits per heavy atom. The van der Waals surface area contributed by atoms with Gasteiger partial charge in [-0.05, 0) is 31.2 Å². The van der Waals surface area contributed by atoms with Gasteiger partial charge in [0.25, 0.3) is 0 Å². The first-order valence-corrected chi connectivity index (χ1v) is 6.22. The van der Waals surface area contributed by atoms with Crippen LogP contribution in [0.15, 0.2) is 40.8 Å². The molecule has 1 N–H and O–H groups in total. The highest BCUT2D eigenvalue weighted by Gasteiger charge is 2.17. The lowest BCUT2D eigenvalue weighted by molar-refractivity contribution is 0.0686. The molecule has 0 aliphatic rings. The standard InChI is InChI=1S/C15H12FNO3/c1-2-17-11-7-13(9-3-5-10(16)6-4-9)20-14(11)8-12(17)15(18)19/h3-8H,2H2,1H3,(H,18,19). The average Bonchev–Trinajstić information content (AvgIpc) is 2.96. The van der Waals surface area contributed by atoms with Crippen LogP contribution in [0, 0.1) is 5.82 Å². The number of aromatic carboxylic acids is 1. The molecule has 0 spiro atoms. The quantitative estimate of drug-likeness (QED) is 0.790. The topological polar surface area (TPSA) is 55.4 Å². The van der Waals surface area contributed by atoms with Gasteiger partial charge in [-0.1, -0.05) is 0 Å². The van der Waals surface area contributed by atoms with E-state index in [1.165, 1.54) is 18.2 Å². The van der Waals surface area contributed by atoms with Crippen molar-refractivity contribution in [3.05, 3.63) is 47.9 Å². The van der Waals surface area contributed by atoms with Crippen molar-refractivity contribution >= 4 is 17.1 Å². The maximum atomic E-state index is 12.9. The first kappa shape index (κ1) is 12.5. The average molecular weight is 273 g/mol. The number of aromatic nitrogens is 1. The Kier molecular flexibility index (Phi) is 2.82. The van der Waals surface area contributed by atoms with Crippen molar-refractivity contribution in [2.45, 2.75) is 13.5 Å². The molecule has 0 bridgehead atoms. The summed E-state index contributed by atoms with van der Waals surface area (Å²) in [6.07, 6.45) is 0. The predicted molar refractivity (Wildman–Crippen MR) is 72.2 cm³/mol. The van der Waals surface area contributed by atoms with Gasteiger partial charge < -0.3 is 14.1 Å². The van der Waals surface area contributed by atoms with Gasteiger partial charge in [0.1, 0.15) is 17.3 Å². The first-order chi connectivity index (χ1) is 9.60. The summed E-state index contributed by atoms with van der Waals surface area (Å²) in [5, 5.41) is 9.13. The number of carboxylic acids is 1. The Morgan fingerprint density at radius 1 is 1.30 bits per heavy atom. The summed E-state index contributed by atoms with van der Waals surface area (Å²) >= 11 is 0. The molecule has 2 aromatic heterocycles. The third-order valence-corrected chi connectivity index (χ3v) is 3.25. The van der Waals surface area contributed by atoms with Crippen molar-refractivity contribution in [3.8, 4) is 11.3 Å². The fraction of sp³-hybridized carbons (Fsp3) is 0.133. The largest absolute Gasteiger partial charge is 0.477 e. The molecule has 0 unspecified atom stereocenters. The molecule has 3 rings (SSSR count). The number of carbonyl (C=O) groups is 1. The Hall–Kier alpha value is -2.56. The summed E-state index contributed by atoms with van der Waals surface area (Å²) in [4.78, 5) is 11.1. The lowest BCUT2D eigenvalue weighted by Crippen LogP contribution is -2.06. The summed E-state index contributed by atoms with van der Waals surface area (Å²) in [6.45, 7) is 2.41. The summed E-state index contributed by atoms with van der Waals surface area (Å²) in [5.74, 6) is -0.702. The van der Waals surface area contributed by atoms with E-state index in [4.69, 9.17) is 9.52 Å². The maximum Gasteiger partial charge on any atom is 0.352 e. The van der Waals surface area contributed by atoms with Crippen LogP contribution in [0.3, 0.4) is 0 Å². The minimum Gasteiger partial charge on any atom is -0.477 e. The molecular formula is C15H12FNO3. The number of halogens is 1. The van der Waals surface area contributed by atoms with E-state index in [1.54, 1.807) is 22.8 Å². The molecule has 0 atom stereocenters. The van der Waals surface area contributed by atoms with Gasteiger partial charge in [0.05, 0.1) is 5.52 Å². The van der Waals surface area contributed by atoms with Crippen LogP contribution in [0.5, 0.6) is 0 Å². The summed E-state index contributed by atoms with van der Waals surface area (Å²) < 4.78 is 20.2. The minimum atomic E-state index is -0.985. The van der Waals surface area contributed by atoms with Crippen molar-refractivity contribution in [2.24, 2.45) is 0 Å². The first-order valence-electron chi connectivity index (χ1n) is 6.22. The molecule has 0 aliphatic carbocycles. The van der Waals surface area contributed by atoms with Gasteiger partial charge in [-0.2, -0.15) is 0 Å². The predicted octanol–water partition coefficient (Wildman–Crippen LogP) is 3.76. The molecule has 3 aromatic rings. The number of hydrogen-bond donors (Lipinski definition) is 1. The molecule has 2 heterocycles. The Labute approximate surface area is 114 Å². The van der Waals surface area contributed by atoms with Gasteiger partial charge in [0, 0.05) is 24.2 Å². The van der Waals surface area contributed by atoms with Crippen LogP contribution in [0.25, 0.3) is 22.4 Å². The molecule has 0 saturated carbocycles. The van der Waals surface area contributed by atoms with Crippen molar-refractivity contribution < 1.29 is 18.7 Å². The van der Waals surface area contributed by atoms with Crippen LogP contribution in [0.4, 0.5) is 4.39 Å². The minimum absolute atomic E-state index is 0.201. The zero-order valence-corrected chi connectivity index (χ0v) is 10.8. The number of rotatable bonds is 3. The third kappa shape index (κ3) is 1.87. The normalized spacial score (nSPS) is 11.1. The van der Waals surface area contributed by atoms with Crippen molar-refractivity contribution in [3.63, 3.8) is 0 Å². The highest BCUT2D eigenvalue weighted by molar-refractivity contribution is 5.94. The Morgan fingerprint density at radius 2 is 2.00 bits per heavy atom. The second-order valence-electron chi connectivity index (χ2n) is 4.45. The molecule has 4 nitrogen and oxygen atoms in total. The maximum absolute atomic E-state index is 12.9. The van der Waals surface area contributed by atoms with Crippen LogP contribution in [-0.4, -0.2) is 15.6 Å². The van der Waals surface area contributed by atoms with E-state index in [-0.39, 0.29) is 11.5 Å². The monoisotopic (exact) mass is 273 g/mol. The third-order valence-electron chi connectivity index (χ3n) is 3.25. The lowest BCUT2D eigenvalue weighted by atomic mass is 10.2. The molecule has 1 aromatic carbocycles. The number of fused-ring (bicyclic) bond motifs is 1. The number of carboxylic acid groups (broad SMARTS) is 1. The molecule has 0 saturated heterocycles. The number of nitrogens with zero attached hydrogens (tertiary/aromatic N) is 1. The molecule has 5 heteroatoms. The van der Waals surface area contributed by atoms with Gasteiger partial charge in [0.2, 0.25) is 0 Å². The second-order valence-corrected chi connectivity index (χ2v) is 4.45. The molecule has 102 valence electrons. The summed E-state index contributed by atoms with van der Waals surface area (Å²) in [5.41, 5.74) is 2.20. The molecule has 0 aliphatic heterocycles. The molecule has 0 fully saturated rings. The van der Waals surface area contributed by atoms with Crippen LogP contribution in [0.2, 0.25) is 0 Å². The number of furan rings is 1. The van der Waals surface area contributed by atoms with E-state index in [0.717, 1.165) is 11.1 Å². The molecule has 0 amide bonds. The van der Waals surface area contributed by atoms with E-state index in [2.05, 4.69) is 0 Å². The number of aryl methyl sites for hydroxylation is 1. The van der Waals surface area contributed by atoms with Gasteiger partial charge in [0.15, 0.2) is 5.58 Å². The van der Waals surface area contributed by atoms with E-state index in [9.17, 15) is 9.18 Å². The zero-order valence-electron chi connectivity index (χ0n) is 10.8. The summed E-state index contributed by atoms with van der Waals surface area (Å²) in [6, 6.07) is 9.26. The van der Waals surface area contributed by atoms with Crippen LogP contribution < -0.4 is 0 Å². The van der Waals surface area contributed by atoms with Crippen molar-refractivity contribution in [1.29, 1.82) is 0 Å². The van der Waals surface area contributed by atoms with E-state index < -0.39 is 5.97 Å². The molecular weight excluding hydrogens is 261 g/mol. The van der Waals surface area contributed by atoms with Gasteiger partial charge in [-0.25, -0.2) is 9.18 Å². The van der Waals surface area contributed by atoms with E-state index >= 15 is 0 Å².